The van der Waals surface area contributed by atoms with Crippen molar-refractivity contribution >= 4 is 11.7 Å². The number of fused-ring (bicyclic) bond motifs is 1. The number of amides is 2. The molecule has 1 aliphatic heterocycles. The van der Waals surface area contributed by atoms with Crippen molar-refractivity contribution in [3.63, 3.8) is 0 Å². The van der Waals surface area contributed by atoms with Crippen LogP contribution in [0.15, 0.2) is 42.5 Å². The van der Waals surface area contributed by atoms with Crippen molar-refractivity contribution in [2.75, 3.05) is 13.2 Å². The Morgan fingerprint density at radius 2 is 2.12 bits per heavy atom. The lowest BCUT2D eigenvalue weighted by Gasteiger charge is -2.29. The van der Waals surface area contributed by atoms with Crippen molar-refractivity contribution in [2.24, 2.45) is 0 Å². The van der Waals surface area contributed by atoms with Gasteiger partial charge in [0.1, 0.15) is 5.75 Å². The SMILES string of the molecule is CCOc1ccc2c(c1)CN(C(=O)NCc1cccc([N+](=O)[O-])c1)CC2. The van der Waals surface area contributed by atoms with E-state index in [0.29, 0.717) is 25.3 Å². The Morgan fingerprint density at radius 3 is 2.88 bits per heavy atom. The van der Waals surface area contributed by atoms with Gasteiger partial charge < -0.3 is 15.0 Å². The molecule has 0 aromatic heterocycles. The van der Waals surface area contributed by atoms with Gasteiger partial charge in [-0.3, -0.25) is 10.1 Å². The van der Waals surface area contributed by atoms with Gasteiger partial charge in [-0.25, -0.2) is 4.79 Å². The molecule has 2 aromatic rings. The second-order valence-corrected chi connectivity index (χ2v) is 6.12. The summed E-state index contributed by atoms with van der Waals surface area (Å²) in [4.78, 5) is 24.6. The second-order valence-electron chi connectivity index (χ2n) is 6.12. The van der Waals surface area contributed by atoms with E-state index in [1.165, 1.54) is 17.7 Å². The minimum Gasteiger partial charge on any atom is -0.494 e. The molecule has 1 heterocycles. The average molecular weight is 355 g/mol. The summed E-state index contributed by atoms with van der Waals surface area (Å²) < 4.78 is 5.53. The van der Waals surface area contributed by atoms with Gasteiger partial charge in [0.05, 0.1) is 11.5 Å². The van der Waals surface area contributed by atoms with E-state index in [9.17, 15) is 14.9 Å². The van der Waals surface area contributed by atoms with Gasteiger partial charge in [0.25, 0.3) is 5.69 Å². The number of nitrogens with one attached hydrogen (secondary N) is 1. The van der Waals surface area contributed by atoms with Crippen LogP contribution >= 0.6 is 0 Å². The summed E-state index contributed by atoms with van der Waals surface area (Å²) in [7, 11) is 0. The standard InChI is InChI=1S/C19H21N3O4/c1-2-26-18-7-6-15-8-9-21(13-16(15)11-18)19(23)20-12-14-4-3-5-17(10-14)22(24)25/h3-7,10-11H,2,8-9,12-13H2,1H3,(H,20,23). The first-order valence-corrected chi connectivity index (χ1v) is 8.57. The number of urea groups is 1. The number of nitro benzene ring substituents is 1. The smallest absolute Gasteiger partial charge is 0.317 e. The van der Waals surface area contributed by atoms with Gasteiger partial charge in [-0.1, -0.05) is 18.2 Å². The van der Waals surface area contributed by atoms with E-state index in [1.54, 1.807) is 17.0 Å². The van der Waals surface area contributed by atoms with Crippen LogP contribution in [0.4, 0.5) is 10.5 Å². The lowest BCUT2D eigenvalue weighted by atomic mass is 10.00. The minimum atomic E-state index is -0.442. The number of rotatable bonds is 5. The third kappa shape index (κ3) is 4.11. The van der Waals surface area contributed by atoms with Crippen LogP contribution in [0.2, 0.25) is 0 Å². The summed E-state index contributed by atoms with van der Waals surface area (Å²) in [6, 6.07) is 12.1. The Morgan fingerprint density at radius 1 is 1.27 bits per heavy atom. The molecule has 1 N–H and O–H groups in total. The number of nitrogens with zero attached hydrogens (tertiary/aromatic N) is 2. The van der Waals surface area contributed by atoms with Gasteiger partial charge in [-0.15, -0.1) is 0 Å². The molecule has 0 atom stereocenters. The maximum absolute atomic E-state index is 12.5. The number of non-ortho nitro benzene ring substituents is 1. The van der Waals surface area contributed by atoms with Crippen LogP contribution in [0.1, 0.15) is 23.6 Å². The van der Waals surface area contributed by atoms with Crippen molar-refractivity contribution in [3.8, 4) is 5.75 Å². The fourth-order valence-corrected chi connectivity index (χ4v) is 3.03. The maximum atomic E-state index is 12.5. The number of nitro groups is 1. The van der Waals surface area contributed by atoms with E-state index < -0.39 is 4.92 Å². The van der Waals surface area contributed by atoms with E-state index in [-0.39, 0.29) is 18.3 Å². The predicted molar refractivity (Wildman–Crippen MR) is 97.1 cm³/mol. The van der Waals surface area contributed by atoms with Crippen molar-refractivity contribution < 1.29 is 14.5 Å². The van der Waals surface area contributed by atoms with Crippen LogP contribution in [-0.4, -0.2) is 29.0 Å². The number of carbonyl (C=O) groups is 1. The van der Waals surface area contributed by atoms with Crippen LogP contribution in [0, 0.1) is 10.1 Å². The van der Waals surface area contributed by atoms with Gasteiger partial charge in [-0.2, -0.15) is 0 Å². The highest BCUT2D eigenvalue weighted by molar-refractivity contribution is 5.74. The first-order chi connectivity index (χ1) is 12.6. The molecule has 0 saturated carbocycles. The average Bonchev–Trinajstić information content (AvgIpc) is 2.66. The van der Waals surface area contributed by atoms with Crippen molar-refractivity contribution in [3.05, 3.63) is 69.3 Å². The quantitative estimate of drug-likeness (QED) is 0.659. The molecular weight excluding hydrogens is 334 g/mol. The van der Waals surface area contributed by atoms with Gasteiger partial charge in [0, 0.05) is 31.8 Å². The molecule has 0 fully saturated rings. The van der Waals surface area contributed by atoms with Crippen LogP contribution in [0.3, 0.4) is 0 Å². The number of hydrogen-bond donors (Lipinski definition) is 1. The van der Waals surface area contributed by atoms with Crippen molar-refractivity contribution in [1.82, 2.24) is 10.2 Å². The topological polar surface area (TPSA) is 84.7 Å². The van der Waals surface area contributed by atoms with E-state index in [4.69, 9.17) is 4.74 Å². The van der Waals surface area contributed by atoms with Crippen molar-refractivity contribution in [2.45, 2.75) is 26.4 Å². The Hall–Kier alpha value is -3.09. The summed E-state index contributed by atoms with van der Waals surface area (Å²) in [5, 5.41) is 13.7. The van der Waals surface area contributed by atoms with E-state index in [2.05, 4.69) is 11.4 Å². The van der Waals surface area contributed by atoms with E-state index >= 15 is 0 Å². The number of ether oxygens (including phenoxy) is 1. The normalized spacial score (nSPS) is 13.0. The Labute approximate surface area is 151 Å². The summed E-state index contributed by atoms with van der Waals surface area (Å²) in [6.07, 6.45) is 0.798. The zero-order valence-corrected chi connectivity index (χ0v) is 14.6. The fourth-order valence-electron chi connectivity index (χ4n) is 3.03. The van der Waals surface area contributed by atoms with Crippen LogP contribution < -0.4 is 10.1 Å². The lowest BCUT2D eigenvalue weighted by Crippen LogP contribution is -2.42. The highest BCUT2D eigenvalue weighted by Gasteiger charge is 2.21. The predicted octanol–water partition coefficient (Wildman–Crippen LogP) is 3.26. The summed E-state index contributed by atoms with van der Waals surface area (Å²) >= 11 is 0. The molecule has 2 aromatic carbocycles. The minimum absolute atomic E-state index is 0.0205. The van der Waals surface area contributed by atoms with Crippen molar-refractivity contribution in [1.29, 1.82) is 0 Å². The molecule has 0 radical (unpaired) electrons. The zero-order valence-electron chi connectivity index (χ0n) is 14.6. The van der Waals surface area contributed by atoms with Crippen LogP contribution in [0.5, 0.6) is 5.75 Å². The first-order valence-electron chi connectivity index (χ1n) is 8.57. The highest BCUT2D eigenvalue weighted by atomic mass is 16.6. The lowest BCUT2D eigenvalue weighted by molar-refractivity contribution is -0.384. The molecule has 1 aliphatic rings. The van der Waals surface area contributed by atoms with Gasteiger partial charge in [0.2, 0.25) is 0 Å². The molecule has 0 spiro atoms. The number of benzene rings is 2. The van der Waals surface area contributed by atoms with E-state index in [1.807, 2.05) is 19.1 Å². The second kappa shape index (κ2) is 7.86. The monoisotopic (exact) mass is 355 g/mol. The molecule has 26 heavy (non-hydrogen) atoms. The molecule has 0 bridgehead atoms. The molecule has 0 unspecified atom stereocenters. The molecule has 0 saturated heterocycles. The molecule has 7 nitrogen and oxygen atoms in total. The van der Waals surface area contributed by atoms with Crippen LogP contribution in [0.25, 0.3) is 0 Å². The summed E-state index contributed by atoms with van der Waals surface area (Å²) in [5.74, 6) is 0.810. The van der Waals surface area contributed by atoms with Gasteiger partial charge in [0.15, 0.2) is 0 Å². The van der Waals surface area contributed by atoms with Gasteiger partial charge >= 0.3 is 6.03 Å². The molecule has 0 aliphatic carbocycles. The third-order valence-corrected chi connectivity index (χ3v) is 4.35. The van der Waals surface area contributed by atoms with Gasteiger partial charge in [-0.05, 0) is 42.2 Å². The zero-order chi connectivity index (χ0) is 18.5. The Balaban J connectivity index is 1.61. The molecular formula is C19H21N3O4. The highest BCUT2D eigenvalue weighted by Crippen LogP contribution is 2.24. The van der Waals surface area contributed by atoms with Crippen LogP contribution in [-0.2, 0) is 19.5 Å². The van der Waals surface area contributed by atoms with E-state index in [0.717, 1.165) is 17.7 Å². The molecule has 7 heteroatoms. The Bertz CT molecular complexity index is 822. The number of carbonyl (C=O) groups excluding carboxylic acids is 1. The Kier molecular flexibility index (Phi) is 5.36. The first kappa shape index (κ1) is 17.7. The summed E-state index contributed by atoms with van der Waals surface area (Å²) in [6.45, 7) is 3.96. The molecule has 136 valence electrons. The fraction of sp³-hybridized carbons (Fsp3) is 0.316. The number of hydrogen-bond acceptors (Lipinski definition) is 4. The summed E-state index contributed by atoms with van der Waals surface area (Å²) in [5.41, 5.74) is 3.04. The maximum Gasteiger partial charge on any atom is 0.317 e. The largest absolute Gasteiger partial charge is 0.494 e. The third-order valence-electron chi connectivity index (χ3n) is 4.35. The molecule has 3 rings (SSSR count). The molecule has 2 amide bonds.